The average Bonchev–Trinajstić information content (AvgIpc) is 2.67. The summed E-state index contributed by atoms with van der Waals surface area (Å²) in [5.41, 5.74) is 0.745. The summed E-state index contributed by atoms with van der Waals surface area (Å²) in [5, 5.41) is 4.09. The molecule has 7 heteroatoms. The first kappa shape index (κ1) is 13.4. The van der Waals surface area contributed by atoms with Crippen molar-refractivity contribution in [1.82, 2.24) is 9.78 Å². The van der Waals surface area contributed by atoms with Crippen molar-refractivity contribution in [3.8, 4) is 5.75 Å². The molecule has 0 amide bonds. The Morgan fingerprint density at radius 2 is 1.89 bits per heavy atom. The van der Waals surface area contributed by atoms with Gasteiger partial charge < -0.3 is 4.74 Å². The molecule has 0 saturated heterocycles. The minimum absolute atomic E-state index is 0.173. The van der Waals surface area contributed by atoms with Crippen LogP contribution in [0.1, 0.15) is 5.69 Å². The van der Waals surface area contributed by atoms with Crippen LogP contribution in [-0.2, 0) is 17.1 Å². The van der Waals surface area contributed by atoms with Crippen LogP contribution in [0.15, 0.2) is 35.2 Å². The number of benzene rings is 1. The van der Waals surface area contributed by atoms with Gasteiger partial charge in [-0.3, -0.25) is 9.40 Å². The molecule has 1 heterocycles. The van der Waals surface area contributed by atoms with Gasteiger partial charge in [0.2, 0.25) is 0 Å². The summed E-state index contributed by atoms with van der Waals surface area (Å²) in [7, 11) is -0.406. The Labute approximate surface area is 112 Å². The highest BCUT2D eigenvalue weighted by molar-refractivity contribution is 7.92. The zero-order valence-electron chi connectivity index (χ0n) is 10.9. The molecule has 19 heavy (non-hydrogen) atoms. The highest BCUT2D eigenvalue weighted by atomic mass is 32.2. The number of nitrogens with one attached hydrogen (secondary N) is 1. The summed E-state index contributed by atoms with van der Waals surface area (Å²) in [5.74, 6) is 1.03. The molecule has 0 aliphatic carbocycles. The van der Waals surface area contributed by atoms with Crippen LogP contribution in [0.3, 0.4) is 0 Å². The van der Waals surface area contributed by atoms with Crippen molar-refractivity contribution >= 4 is 15.8 Å². The van der Waals surface area contributed by atoms with E-state index in [9.17, 15) is 8.42 Å². The standard InChI is InChI=1S/C12H15N3O3S/c1-9-8-12(15(2)13-9)14-19(16,17)11-6-4-10(18-3)5-7-11/h4-8,14H,1-3H3. The van der Waals surface area contributed by atoms with Gasteiger partial charge in [-0.15, -0.1) is 0 Å². The van der Waals surface area contributed by atoms with Gasteiger partial charge in [-0.2, -0.15) is 5.10 Å². The Morgan fingerprint density at radius 3 is 2.37 bits per heavy atom. The van der Waals surface area contributed by atoms with Crippen molar-refractivity contribution in [1.29, 1.82) is 0 Å². The van der Waals surface area contributed by atoms with Crippen molar-refractivity contribution in [3.63, 3.8) is 0 Å². The van der Waals surface area contributed by atoms with Crippen LogP contribution in [0.25, 0.3) is 0 Å². The van der Waals surface area contributed by atoms with Crippen molar-refractivity contribution in [2.24, 2.45) is 7.05 Å². The quantitative estimate of drug-likeness (QED) is 0.922. The van der Waals surface area contributed by atoms with Gasteiger partial charge in [0, 0.05) is 13.1 Å². The number of hydrogen-bond acceptors (Lipinski definition) is 4. The lowest BCUT2D eigenvalue weighted by Crippen LogP contribution is -2.15. The molecule has 0 fully saturated rings. The summed E-state index contributed by atoms with van der Waals surface area (Å²) in [6.45, 7) is 1.80. The van der Waals surface area contributed by atoms with Gasteiger partial charge in [0.1, 0.15) is 11.6 Å². The molecular weight excluding hydrogens is 266 g/mol. The highest BCUT2D eigenvalue weighted by Gasteiger charge is 2.16. The van der Waals surface area contributed by atoms with E-state index >= 15 is 0 Å². The first-order valence-corrected chi connectivity index (χ1v) is 7.08. The smallest absolute Gasteiger partial charge is 0.263 e. The number of methoxy groups -OCH3 is 1. The maximum Gasteiger partial charge on any atom is 0.263 e. The lowest BCUT2D eigenvalue weighted by Gasteiger charge is -2.08. The van der Waals surface area contributed by atoms with Gasteiger partial charge in [-0.25, -0.2) is 8.42 Å². The molecular formula is C12H15N3O3S. The SMILES string of the molecule is COc1ccc(S(=O)(=O)Nc2cc(C)nn2C)cc1. The largest absolute Gasteiger partial charge is 0.497 e. The predicted octanol–water partition coefficient (Wildman–Crippen LogP) is 1.54. The summed E-state index contributed by atoms with van der Waals surface area (Å²) < 4.78 is 33.3. The Hall–Kier alpha value is -2.02. The molecule has 102 valence electrons. The second kappa shape index (κ2) is 4.93. The van der Waals surface area contributed by atoms with Crippen LogP contribution in [0.4, 0.5) is 5.82 Å². The molecule has 0 radical (unpaired) electrons. The molecule has 0 bridgehead atoms. The molecule has 0 spiro atoms. The Balaban J connectivity index is 2.29. The van der Waals surface area contributed by atoms with Crippen LogP contribution >= 0.6 is 0 Å². The van der Waals surface area contributed by atoms with Gasteiger partial charge in [0.05, 0.1) is 17.7 Å². The van der Waals surface area contributed by atoms with Crippen LogP contribution in [-0.4, -0.2) is 25.3 Å². The van der Waals surface area contributed by atoms with E-state index in [0.29, 0.717) is 11.6 Å². The van der Waals surface area contributed by atoms with Crippen molar-refractivity contribution in [2.75, 3.05) is 11.8 Å². The lowest BCUT2D eigenvalue weighted by atomic mass is 10.3. The molecule has 0 aliphatic heterocycles. The third-order valence-electron chi connectivity index (χ3n) is 2.61. The van der Waals surface area contributed by atoms with Crippen LogP contribution in [0.5, 0.6) is 5.75 Å². The second-order valence-corrected chi connectivity index (χ2v) is 5.76. The van der Waals surface area contributed by atoms with E-state index in [0.717, 1.165) is 5.69 Å². The Morgan fingerprint density at radius 1 is 1.26 bits per heavy atom. The fourth-order valence-corrected chi connectivity index (χ4v) is 2.74. The lowest BCUT2D eigenvalue weighted by molar-refractivity contribution is 0.414. The molecule has 0 saturated carbocycles. The van der Waals surface area contributed by atoms with Crippen LogP contribution in [0, 0.1) is 6.92 Å². The van der Waals surface area contributed by atoms with E-state index in [2.05, 4.69) is 9.82 Å². The zero-order valence-corrected chi connectivity index (χ0v) is 11.7. The molecule has 2 aromatic rings. The number of anilines is 1. The highest BCUT2D eigenvalue weighted by Crippen LogP contribution is 2.19. The molecule has 2 rings (SSSR count). The number of nitrogens with zero attached hydrogens (tertiary/aromatic N) is 2. The predicted molar refractivity (Wildman–Crippen MR) is 71.7 cm³/mol. The number of aryl methyl sites for hydroxylation is 2. The maximum absolute atomic E-state index is 12.2. The van der Waals surface area contributed by atoms with E-state index in [4.69, 9.17) is 4.74 Å². The van der Waals surface area contributed by atoms with Crippen molar-refractivity contribution in [2.45, 2.75) is 11.8 Å². The third-order valence-corrected chi connectivity index (χ3v) is 3.98. The van der Waals surface area contributed by atoms with E-state index in [-0.39, 0.29) is 4.90 Å². The summed E-state index contributed by atoms with van der Waals surface area (Å²) in [6, 6.07) is 7.85. The van der Waals surface area contributed by atoms with Gasteiger partial charge in [0.15, 0.2) is 0 Å². The minimum Gasteiger partial charge on any atom is -0.497 e. The van der Waals surface area contributed by atoms with Gasteiger partial charge >= 0.3 is 0 Å². The number of sulfonamides is 1. The fraction of sp³-hybridized carbons (Fsp3) is 0.250. The number of rotatable bonds is 4. The topological polar surface area (TPSA) is 73.2 Å². The van der Waals surface area contributed by atoms with Gasteiger partial charge in [0.25, 0.3) is 10.0 Å². The monoisotopic (exact) mass is 281 g/mol. The second-order valence-electron chi connectivity index (χ2n) is 4.08. The maximum atomic E-state index is 12.2. The zero-order chi connectivity index (χ0) is 14.0. The number of aromatic nitrogens is 2. The average molecular weight is 281 g/mol. The molecule has 1 aromatic carbocycles. The fourth-order valence-electron chi connectivity index (χ4n) is 1.66. The van der Waals surface area contributed by atoms with Crippen molar-refractivity contribution < 1.29 is 13.2 Å². The number of hydrogen-bond donors (Lipinski definition) is 1. The van der Waals surface area contributed by atoms with E-state index in [1.54, 1.807) is 32.2 Å². The Bertz CT molecular complexity index is 675. The van der Waals surface area contributed by atoms with Gasteiger partial charge in [-0.05, 0) is 31.2 Å². The first-order valence-electron chi connectivity index (χ1n) is 5.60. The Kier molecular flexibility index (Phi) is 3.48. The summed E-state index contributed by atoms with van der Waals surface area (Å²) >= 11 is 0. The van der Waals surface area contributed by atoms with Crippen molar-refractivity contribution in [3.05, 3.63) is 36.0 Å². The van der Waals surface area contributed by atoms with Crippen LogP contribution in [0.2, 0.25) is 0 Å². The summed E-state index contributed by atoms with van der Waals surface area (Å²) in [6.07, 6.45) is 0. The van der Waals surface area contributed by atoms with E-state index < -0.39 is 10.0 Å². The first-order chi connectivity index (χ1) is 8.92. The molecule has 0 aliphatic rings. The number of ether oxygens (including phenoxy) is 1. The molecule has 6 nitrogen and oxygen atoms in total. The molecule has 0 unspecified atom stereocenters. The minimum atomic E-state index is -3.61. The normalized spacial score (nSPS) is 11.3. The molecule has 1 N–H and O–H groups in total. The van der Waals surface area contributed by atoms with E-state index in [1.165, 1.54) is 23.9 Å². The van der Waals surface area contributed by atoms with Crippen LogP contribution < -0.4 is 9.46 Å². The van der Waals surface area contributed by atoms with Gasteiger partial charge in [-0.1, -0.05) is 0 Å². The molecule has 0 atom stereocenters. The third kappa shape index (κ3) is 2.87. The molecule has 1 aromatic heterocycles. The summed E-state index contributed by atoms with van der Waals surface area (Å²) in [4.78, 5) is 0.173. The van der Waals surface area contributed by atoms with E-state index in [1.807, 2.05) is 0 Å².